The largest absolute Gasteiger partial charge is 0.451 e. The molecule has 3 heterocycles. The van der Waals surface area contributed by atoms with Crippen molar-refractivity contribution in [1.29, 1.82) is 0 Å². The van der Waals surface area contributed by atoms with Crippen LogP contribution < -0.4 is 5.73 Å². The highest BCUT2D eigenvalue weighted by Gasteiger charge is 2.34. The van der Waals surface area contributed by atoms with E-state index in [9.17, 15) is 0 Å². The minimum atomic E-state index is 0.185. The molecule has 2 fully saturated rings. The van der Waals surface area contributed by atoms with Crippen molar-refractivity contribution >= 4 is 31.9 Å². The lowest BCUT2D eigenvalue weighted by Gasteiger charge is -2.27. The van der Waals surface area contributed by atoms with Crippen molar-refractivity contribution in [3.05, 3.63) is 21.0 Å². The zero-order valence-corrected chi connectivity index (χ0v) is 14.7. The van der Waals surface area contributed by atoms with Gasteiger partial charge in [0, 0.05) is 25.7 Å². The first-order chi connectivity index (χ1) is 9.69. The molecule has 2 unspecified atom stereocenters. The van der Waals surface area contributed by atoms with Crippen LogP contribution in [0.1, 0.15) is 31.1 Å². The molecule has 4 nitrogen and oxygen atoms in total. The molecule has 0 radical (unpaired) electrons. The summed E-state index contributed by atoms with van der Waals surface area (Å²) >= 11 is 6.89. The fraction of sp³-hybridized carbons (Fsp3) is 0.714. The topological polar surface area (TPSA) is 45.6 Å². The molecule has 2 N–H and O–H groups in total. The maximum Gasteiger partial charge on any atom is 0.183 e. The minimum absolute atomic E-state index is 0.185. The van der Waals surface area contributed by atoms with Gasteiger partial charge in [-0.25, -0.2) is 0 Å². The number of rotatable bonds is 4. The van der Waals surface area contributed by atoms with E-state index >= 15 is 0 Å². The lowest BCUT2D eigenvalue weighted by Crippen LogP contribution is -2.37. The molecule has 0 amide bonds. The van der Waals surface area contributed by atoms with Crippen molar-refractivity contribution < 1.29 is 4.42 Å². The van der Waals surface area contributed by atoms with Gasteiger partial charge in [-0.2, -0.15) is 0 Å². The minimum Gasteiger partial charge on any atom is -0.451 e. The van der Waals surface area contributed by atoms with E-state index in [-0.39, 0.29) is 6.04 Å². The average Bonchev–Trinajstić information content (AvgIpc) is 3.13. The first kappa shape index (κ1) is 15.0. The first-order valence-corrected chi connectivity index (χ1v) is 8.90. The fourth-order valence-electron chi connectivity index (χ4n) is 3.43. The predicted molar refractivity (Wildman–Crippen MR) is 86.7 cm³/mol. The second-order valence-corrected chi connectivity index (χ2v) is 7.28. The highest BCUT2D eigenvalue weighted by Crippen LogP contribution is 2.34. The van der Waals surface area contributed by atoms with Crippen LogP contribution in [0.25, 0.3) is 0 Å². The van der Waals surface area contributed by atoms with E-state index in [1.807, 2.05) is 6.07 Å². The standard InChI is InChI=1S/C14H21Br2N3O/c15-11-7-13(20-14(11)16)12(8-17)19-6-3-10(9-19)18-4-1-2-5-18/h7,10,12H,1-6,8-9,17H2. The molecule has 0 spiro atoms. The van der Waals surface area contributed by atoms with Crippen LogP contribution in [-0.2, 0) is 0 Å². The van der Waals surface area contributed by atoms with Crippen LogP contribution >= 0.6 is 31.9 Å². The van der Waals surface area contributed by atoms with Crippen LogP contribution in [0.4, 0.5) is 0 Å². The van der Waals surface area contributed by atoms with E-state index in [4.69, 9.17) is 10.2 Å². The monoisotopic (exact) mass is 405 g/mol. The van der Waals surface area contributed by atoms with Gasteiger partial charge in [0.05, 0.1) is 10.5 Å². The molecule has 2 aliphatic rings. The molecule has 0 aliphatic carbocycles. The lowest BCUT2D eigenvalue weighted by molar-refractivity contribution is 0.186. The van der Waals surface area contributed by atoms with E-state index in [1.54, 1.807) is 0 Å². The SMILES string of the molecule is NCC(c1cc(Br)c(Br)o1)N1CCC(N2CCCC2)C1. The summed E-state index contributed by atoms with van der Waals surface area (Å²) in [5.74, 6) is 0.952. The Morgan fingerprint density at radius 2 is 2.05 bits per heavy atom. The Hall–Kier alpha value is 0.120. The molecule has 0 saturated carbocycles. The molecule has 0 bridgehead atoms. The van der Waals surface area contributed by atoms with Gasteiger partial charge in [-0.05, 0) is 70.3 Å². The molecular weight excluding hydrogens is 386 g/mol. The summed E-state index contributed by atoms with van der Waals surface area (Å²) in [6.45, 7) is 5.35. The van der Waals surface area contributed by atoms with Crippen LogP contribution in [0, 0.1) is 0 Å². The van der Waals surface area contributed by atoms with Crippen molar-refractivity contribution in [2.45, 2.75) is 31.3 Å². The van der Waals surface area contributed by atoms with E-state index < -0.39 is 0 Å². The van der Waals surface area contributed by atoms with Gasteiger partial charge in [0.1, 0.15) is 5.76 Å². The van der Waals surface area contributed by atoms with E-state index in [0.29, 0.717) is 12.6 Å². The molecule has 6 heteroatoms. The third kappa shape index (κ3) is 2.99. The Bertz CT molecular complexity index is 440. The number of likely N-dealkylation sites (tertiary alicyclic amines) is 2. The Labute approximate surface area is 136 Å². The summed E-state index contributed by atoms with van der Waals surface area (Å²) in [5.41, 5.74) is 6.00. The Morgan fingerprint density at radius 1 is 1.30 bits per heavy atom. The van der Waals surface area contributed by atoms with Crippen molar-refractivity contribution in [2.24, 2.45) is 5.73 Å². The number of hydrogen-bond donors (Lipinski definition) is 1. The number of hydrogen-bond acceptors (Lipinski definition) is 4. The molecular formula is C14H21Br2N3O. The number of halogens is 2. The molecule has 2 atom stereocenters. The van der Waals surface area contributed by atoms with Crippen LogP contribution in [0.3, 0.4) is 0 Å². The van der Waals surface area contributed by atoms with Crippen LogP contribution in [0.2, 0.25) is 0 Å². The third-order valence-corrected chi connectivity index (χ3v) is 6.22. The van der Waals surface area contributed by atoms with Gasteiger partial charge in [0.15, 0.2) is 4.67 Å². The quantitative estimate of drug-likeness (QED) is 0.834. The highest BCUT2D eigenvalue weighted by molar-refractivity contribution is 9.13. The third-order valence-electron chi connectivity index (χ3n) is 4.51. The predicted octanol–water partition coefficient (Wildman–Crippen LogP) is 2.97. The number of furan rings is 1. The van der Waals surface area contributed by atoms with Gasteiger partial charge < -0.3 is 10.2 Å². The van der Waals surface area contributed by atoms with Crippen molar-refractivity contribution in [3.8, 4) is 0 Å². The van der Waals surface area contributed by atoms with Crippen LogP contribution in [-0.4, -0.2) is 48.6 Å². The summed E-state index contributed by atoms with van der Waals surface area (Å²) in [6.07, 6.45) is 3.96. The highest BCUT2D eigenvalue weighted by atomic mass is 79.9. The Kier molecular flexibility index (Phi) is 4.87. The lowest BCUT2D eigenvalue weighted by atomic mass is 10.2. The summed E-state index contributed by atoms with van der Waals surface area (Å²) in [6, 6.07) is 2.92. The van der Waals surface area contributed by atoms with Crippen molar-refractivity contribution in [2.75, 3.05) is 32.7 Å². The molecule has 3 rings (SSSR count). The maximum absolute atomic E-state index is 6.00. The zero-order valence-electron chi connectivity index (χ0n) is 11.5. The summed E-state index contributed by atoms with van der Waals surface area (Å²) < 4.78 is 7.49. The van der Waals surface area contributed by atoms with Crippen LogP contribution in [0.5, 0.6) is 0 Å². The molecule has 20 heavy (non-hydrogen) atoms. The van der Waals surface area contributed by atoms with E-state index in [1.165, 1.54) is 32.4 Å². The second-order valence-electron chi connectivity index (χ2n) is 5.70. The van der Waals surface area contributed by atoms with E-state index in [2.05, 4.69) is 41.7 Å². The summed E-state index contributed by atoms with van der Waals surface area (Å²) in [5, 5.41) is 0. The zero-order chi connectivity index (χ0) is 14.1. The van der Waals surface area contributed by atoms with E-state index in [0.717, 1.165) is 28.0 Å². The van der Waals surface area contributed by atoms with Gasteiger partial charge in [-0.3, -0.25) is 9.80 Å². The molecule has 112 valence electrons. The smallest absolute Gasteiger partial charge is 0.183 e. The van der Waals surface area contributed by atoms with Crippen LogP contribution in [0.15, 0.2) is 19.6 Å². The van der Waals surface area contributed by atoms with Gasteiger partial charge in [0.25, 0.3) is 0 Å². The molecule has 1 aromatic rings. The first-order valence-electron chi connectivity index (χ1n) is 7.32. The summed E-state index contributed by atoms with van der Waals surface area (Å²) in [4.78, 5) is 5.11. The van der Waals surface area contributed by atoms with Crippen molar-refractivity contribution in [1.82, 2.24) is 9.80 Å². The Balaban J connectivity index is 1.68. The molecule has 2 saturated heterocycles. The van der Waals surface area contributed by atoms with Gasteiger partial charge in [0.2, 0.25) is 0 Å². The second kappa shape index (κ2) is 6.48. The average molecular weight is 407 g/mol. The van der Waals surface area contributed by atoms with Gasteiger partial charge in [-0.1, -0.05) is 0 Å². The molecule has 0 aromatic carbocycles. The summed E-state index contributed by atoms with van der Waals surface area (Å²) in [7, 11) is 0. The molecule has 1 aromatic heterocycles. The number of nitrogens with zero attached hydrogens (tertiary/aromatic N) is 2. The normalized spacial score (nSPS) is 26.4. The number of nitrogens with two attached hydrogens (primary N) is 1. The fourth-order valence-corrected chi connectivity index (χ4v) is 4.04. The Morgan fingerprint density at radius 3 is 2.65 bits per heavy atom. The maximum atomic E-state index is 6.00. The van der Waals surface area contributed by atoms with Gasteiger partial charge >= 0.3 is 0 Å². The van der Waals surface area contributed by atoms with Gasteiger partial charge in [-0.15, -0.1) is 0 Å². The molecule has 2 aliphatic heterocycles. The van der Waals surface area contributed by atoms with Crippen molar-refractivity contribution in [3.63, 3.8) is 0 Å².